The molecule has 17 unspecified atom stereocenters. The lowest BCUT2D eigenvalue weighted by Crippen LogP contribution is -2.66. The van der Waals surface area contributed by atoms with Crippen LogP contribution in [0.25, 0.3) is 0 Å². The average molecular weight is 1020 g/mol. The highest BCUT2D eigenvalue weighted by molar-refractivity contribution is 5.76. The maximum atomic E-state index is 13.2. The Hall–Kier alpha value is -1.47. The van der Waals surface area contributed by atoms with Gasteiger partial charge in [0.05, 0.1) is 38.6 Å². The summed E-state index contributed by atoms with van der Waals surface area (Å²) in [5, 5.41) is 120. The minimum Gasteiger partial charge on any atom is -0.394 e. The number of nitrogens with one attached hydrogen (secondary N) is 1. The first-order chi connectivity index (χ1) is 34.3. The predicted octanol–water partition coefficient (Wildman–Crippen LogP) is 3.04. The minimum atomic E-state index is -1.97. The number of carbonyl (C=O) groups excluding carboxylic acids is 1. The molecule has 418 valence electrons. The van der Waals surface area contributed by atoms with E-state index in [1.54, 1.807) is 6.08 Å². The predicted molar refractivity (Wildman–Crippen MR) is 263 cm³/mol. The molecule has 3 aliphatic rings. The van der Waals surface area contributed by atoms with E-state index in [1.165, 1.54) is 109 Å². The van der Waals surface area contributed by atoms with Crippen LogP contribution in [0.5, 0.6) is 0 Å². The molecule has 71 heavy (non-hydrogen) atoms. The van der Waals surface area contributed by atoms with Crippen molar-refractivity contribution in [3.05, 3.63) is 12.2 Å². The zero-order valence-electron chi connectivity index (χ0n) is 43.0. The van der Waals surface area contributed by atoms with Crippen molar-refractivity contribution in [3.63, 3.8) is 0 Å². The summed E-state index contributed by atoms with van der Waals surface area (Å²) in [5.74, 6) is -0.276. The van der Waals surface area contributed by atoms with Crippen LogP contribution < -0.4 is 5.32 Å². The van der Waals surface area contributed by atoms with Crippen molar-refractivity contribution in [1.29, 1.82) is 0 Å². The highest BCUT2D eigenvalue weighted by atomic mass is 16.8. The van der Waals surface area contributed by atoms with Crippen molar-refractivity contribution in [2.24, 2.45) is 0 Å². The van der Waals surface area contributed by atoms with Gasteiger partial charge in [-0.2, -0.15) is 0 Å². The number of rotatable bonds is 39. The summed E-state index contributed by atoms with van der Waals surface area (Å²) in [6.45, 7) is 1.69. The molecular weight excluding hydrogens is 927 g/mol. The van der Waals surface area contributed by atoms with E-state index < -0.39 is 124 Å². The van der Waals surface area contributed by atoms with Crippen LogP contribution in [0.2, 0.25) is 0 Å². The first-order valence-corrected chi connectivity index (χ1v) is 27.4. The smallest absolute Gasteiger partial charge is 0.220 e. The zero-order valence-corrected chi connectivity index (χ0v) is 43.0. The molecule has 0 aliphatic carbocycles. The Morgan fingerprint density at radius 2 is 0.873 bits per heavy atom. The summed E-state index contributed by atoms with van der Waals surface area (Å²) in [7, 11) is 0. The summed E-state index contributed by atoms with van der Waals surface area (Å²) in [6, 6.07) is -0.964. The van der Waals surface area contributed by atoms with E-state index in [0.717, 1.165) is 44.9 Å². The van der Waals surface area contributed by atoms with Gasteiger partial charge in [0.25, 0.3) is 0 Å². The van der Waals surface area contributed by atoms with Gasteiger partial charge in [0.2, 0.25) is 5.91 Å². The number of aliphatic hydroxyl groups is 11. The van der Waals surface area contributed by atoms with Gasteiger partial charge in [0.15, 0.2) is 18.9 Å². The summed E-state index contributed by atoms with van der Waals surface area (Å²) >= 11 is 0. The van der Waals surface area contributed by atoms with Crippen LogP contribution in [-0.4, -0.2) is 193 Å². The third-order valence-corrected chi connectivity index (χ3v) is 14.1. The van der Waals surface area contributed by atoms with Crippen LogP contribution in [0, 0.1) is 0 Å². The number of allylic oxidation sites excluding steroid dienone is 1. The summed E-state index contributed by atoms with van der Waals surface area (Å²) in [4.78, 5) is 13.2. The number of aliphatic hydroxyl groups excluding tert-OH is 11. The first kappa shape index (κ1) is 63.8. The largest absolute Gasteiger partial charge is 0.394 e. The molecule has 17 atom stereocenters. The number of ether oxygens (including phenoxy) is 6. The fourth-order valence-electron chi connectivity index (χ4n) is 9.48. The van der Waals surface area contributed by atoms with Crippen LogP contribution in [0.4, 0.5) is 0 Å². The normalized spacial score (nSPS) is 32.3. The summed E-state index contributed by atoms with van der Waals surface area (Å²) < 4.78 is 34.1. The lowest BCUT2D eigenvalue weighted by atomic mass is 9.96. The van der Waals surface area contributed by atoms with E-state index in [2.05, 4.69) is 19.2 Å². The Balaban J connectivity index is 1.55. The molecule has 0 saturated carbocycles. The number of hydrogen-bond acceptors (Lipinski definition) is 18. The quantitative estimate of drug-likeness (QED) is 0.0311. The first-order valence-electron chi connectivity index (χ1n) is 27.4. The Bertz CT molecular complexity index is 1360. The van der Waals surface area contributed by atoms with Gasteiger partial charge in [-0.05, 0) is 19.3 Å². The van der Waals surface area contributed by atoms with Crippen molar-refractivity contribution < 1.29 is 89.4 Å². The zero-order chi connectivity index (χ0) is 52.0. The third kappa shape index (κ3) is 22.7. The Morgan fingerprint density at radius 1 is 0.493 bits per heavy atom. The van der Waals surface area contributed by atoms with Gasteiger partial charge in [-0.1, -0.05) is 167 Å². The molecule has 3 rings (SSSR count). The van der Waals surface area contributed by atoms with Gasteiger partial charge < -0.3 is 89.9 Å². The maximum absolute atomic E-state index is 13.2. The van der Waals surface area contributed by atoms with Gasteiger partial charge in [0.1, 0.15) is 73.2 Å². The number of amides is 1. The highest BCUT2D eigenvalue weighted by Gasteiger charge is 2.53. The molecule has 1 amide bonds. The molecular formula is C52H97NO18. The summed E-state index contributed by atoms with van der Waals surface area (Å²) in [6.07, 6.45) is 6.34. The molecule has 12 N–H and O–H groups in total. The molecule has 3 aliphatic heterocycles. The highest BCUT2D eigenvalue weighted by Crippen LogP contribution is 2.33. The average Bonchev–Trinajstić information content (AvgIpc) is 3.36. The van der Waals surface area contributed by atoms with Crippen molar-refractivity contribution in [2.75, 3.05) is 26.4 Å². The second-order valence-corrected chi connectivity index (χ2v) is 20.1. The minimum absolute atomic E-state index is 0.248. The van der Waals surface area contributed by atoms with Gasteiger partial charge >= 0.3 is 0 Å². The molecule has 19 nitrogen and oxygen atoms in total. The second-order valence-electron chi connectivity index (χ2n) is 20.1. The topological polar surface area (TPSA) is 307 Å². The molecule has 0 aromatic carbocycles. The Labute approximate surface area is 423 Å². The maximum Gasteiger partial charge on any atom is 0.220 e. The molecule has 0 aromatic heterocycles. The van der Waals surface area contributed by atoms with E-state index in [4.69, 9.17) is 28.4 Å². The van der Waals surface area contributed by atoms with E-state index in [-0.39, 0.29) is 18.9 Å². The monoisotopic (exact) mass is 1020 g/mol. The van der Waals surface area contributed by atoms with Gasteiger partial charge in [-0.3, -0.25) is 4.79 Å². The Morgan fingerprint density at radius 3 is 1.32 bits per heavy atom. The van der Waals surface area contributed by atoms with E-state index in [9.17, 15) is 61.0 Å². The molecule has 3 heterocycles. The van der Waals surface area contributed by atoms with Crippen LogP contribution >= 0.6 is 0 Å². The second kappa shape index (κ2) is 37.3. The van der Waals surface area contributed by atoms with Crippen LogP contribution in [-0.2, 0) is 33.2 Å². The van der Waals surface area contributed by atoms with Crippen molar-refractivity contribution in [3.8, 4) is 0 Å². The Kier molecular flexibility index (Phi) is 33.5. The third-order valence-electron chi connectivity index (χ3n) is 14.1. The molecule has 0 radical (unpaired) electrons. The number of hydrogen-bond donors (Lipinski definition) is 12. The van der Waals surface area contributed by atoms with E-state index in [1.807, 2.05) is 6.08 Å². The molecule has 0 bridgehead atoms. The van der Waals surface area contributed by atoms with Gasteiger partial charge in [-0.15, -0.1) is 0 Å². The summed E-state index contributed by atoms with van der Waals surface area (Å²) in [5.41, 5.74) is 0. The van der Waals surface area contributed by atoms with Gasteiger partial charge in [-0.25, -0.2) is 0 Å². The fraction of sp³-hybridized carbons (Fsp3) is 0.942. The van der Waals surface area contributed by atoms with Crippen LogP contribution in [0.15, 0.2) is 12.2 Å². The fourth-order valence-corrected chi connectivity index (χ4v) is 9.48. The van der Waals surface area contributed by atoms with Gasteiger partial charge in [0, 0.05) is 6.42 Å². The lowest BCUT2D eigenvalue weighted by molar-refractivity contribution is -0.379. The molecule has 19 heteroatoms. The van der Waals surface area contributed by atoms with Crippen LogP contribution in [0.3, 0.4) is 0 Å². The van der Waals surface area contributed by atoms with Crippen LogP contribution in [0.1, 0.15) is 181 Å². The molecule has 0 spiro atoms. The number of carbonyl (C=O) groups is 1. The van der Waals surface area contributed by atoms with E-state index in [0.29, 0.717) is 6.42 Å². The van der Waals surface area contributed by atoms with Crippen molar-refractivity contribution in [2.45, 2.75) is 285 Å². The standard InChI is InChI=1S/C52H97NO18/c1-3-5-7-9-11-13-15-17-18-20-22-24-26-28-30-40(58)53-35(36(57)29-27-25-23-21-19-16-14-12-10-8-6-4-2)34-66-50-46(64)43(61)48(38(32-55)68-50)71-52-47(65)44(62)49(39(33-56)69-52)70-51-45(63)42(60)41(59)37(31-54)67-51/h27,29,35-39,41-52,54-57,59-65H,3-26,28,30-34H2,1-2H3,(H,53,58)/b29-27+. The van der Waals surface area contributed by atoms with Crippen molar-refractivity contribution >= 4 is 5.91 Å². The molecule has 3 fully saturated rings. The molecule has 0 aromatic rings. The SMILES string of the molecule is CCCCCCCCCCCC/C=C/C(O)C(COC1OC(CO)C(OC2OC(CO)C(OC3OC(CO)C(O)C(O)C3O)C(O)C2O)C(O)C1O)NC(=O)CCCCCCCCCCCCCCCC. The van der Waals surface area contributed by atoms with E-state index >= 15 is 0 Å². The molecule has 3 saturated heterocycles. The number of unbranched alkanes of at least 4 members (excludes halogenated alkanes) is 23. The lowest BCUT2D eigenvalue weighted by Gasteiger charge is -2.48. The van der Waals surface area contributed by atoms with Crippen molar-refractivity contribution in [1.82, 2.24) is 5.32 Å².